The molecule has 2 aromatic rings. The van der Waals surface area contributed by atoms with E-state index in [1.165, 1.54) is 47.6 Å². The molecule has 0 N–H and O–H groups in total. The minimum absolute atomic E-state index is 1.15. The summed E-state index contributed by atoms with van der Waals surface area (Å²) in [5, 5.41) is 2.64. The molecule has 0 spiro atoms. The predicted octanol–water partition coefficient (Wildman–Crippen LogP) is 6.77. The van der Waals surface area contributed by atoms with Crippen molar-refractivity contribution in [2.45, 2.75) is 46.0 Å². The van der Waals surface area contributed by atoms with E-state index in [4.69, 9.17) is 0 Å². The number of benzene rings is 2. The van der Waals surface area contributed by atoms with Crippen molar-refractivity contribution in [2.24, 2.45) is 0 Å². The fraction of sp³-hybridized carbons (Fsp3) is 0.333. The van der Waals surface area contributed by atoms with Gasteiger partial charge in [-0.2, -0.15) is 0 Å². The van der Waals surface area contributed by atoms with E-state index in [1.54, 1.807) is 0 Å². The molecule has 0 unspecified atom stereocenters. The SMILES string of the molecule is CC/C=C/CCCC/C=C(\C)c1ccc2ccccc2c1. The Hall–Kier alpha value is -1.82. The van der Waals surface area contributed by atoms with Crippen LogP contribution in [-0.4, -0.2) is 0 Å². The second-order valence-electron chi connectivity index (χ2n) is 5.61. The van der Waals surface area contributed by atoms with Gasteiger partial charge in [-0.25, -0.2) is 0 Å². The Labute approximate surface area is 129 Å². The fourth-order valence-electron chi connectivity index (χ4n) is 2.56. The van der Waals surface area contributed by atoms with Gasteiger partial charge in [0.2, 0.25) is 0 Å². The van der Waals surface area contributed by atoms with Gasteiger partial charge < -0.3 is 0 Å². The molecule has 0 aliphatic heterocycles. The van der Waals surface area contributed by atoms with Crippen LogP contribution in [0.15, 0.2) is 60.7 Å². The lowest BCUT2D eigenvalue weighted by Crippen LogP contribution is -1.82. The number of fused-ring (bicyclic) bond motifs is 1. The van der Waals surface area contributed by atoms with E-state index in [2.05, 4.69) is 74.5 Å². The first-order chi connectivity index (χ1) is 10.3. The van der Waals surface area contributed by atoms with Gasteiger partial charge in [0.15, 0.2) is 0 Å². The summed E-state index contributed by atoms with van der Waals surface area (Å²) in [6, 6.07) is 15.3. The standard InChI is InChI=1S/C21H26/c1-3-4-5-6-7-8-9-12-18(2)20-16-15-19-13-10-11-14-21(19)17-20/h4-5,10-17H,3,6-9H2,1-2H3/b5-4+,18-12+. The lowest BCUT2D eigenvalue weighted by molar-refractivity contribution is 0.761. The molecule has 2 rings (SSSR count). The Morgan fingerprint density at radius 1 is 0.905 bits per heavy atom. The first kappa shape index (κ1) is 15.6. The van der Waals surface area contributed by atoms with Crippen LogP contribution in [0.2, 0.25) is 0 Å². The van der Waals surface area contributed by atoms with Crippen LogP contribution in [0, 0.1) is 0 Å². The number of unbranched alkanes of at least 4 members (excludes halogenated alkanes) is 3. The molecule has 0 saturated heterocycles. The van der Waals surface area contributed by atoms with Gasteiger partial charge in [-0.1, -0.05) is 61.5 Å². The van der Waals surface area contributed by atoms with Crippen LogP contribution in [0.4, 0.5) is 0 Å². The summed E-state index contributed by atoms with van der Waals surface area (Å²) in [6.07, 6.45) is 13.1. The van der Waals surface area contributed by atoms with Crippen LogP contribution in [0.5, 0.6) is 0 Å². The maximum atomic E-state index is 2.38. The van der Waals surface area contributed by atoms with Crippen molar-refractivity contribution in [1.82, 2.24) is 0 Å². The average Bonchev–Trinajstić information content (AvgIpc) is 2.53. The smallest absolute Gasteiger partial charge is 0.0178 e. The highest BCUT2D eigenvalue weighted by molar-refractivity contribution is 5.86. The molecule has 0 heteroatoms. The minimum atomic E-state index is 1.15. The summed E-state index contributed by atoms with van der Waals surface area (Å²) in [5.74, 6) is 0. The van der Waals surface area contributed by atoms with Crippen LogP contribution in [0.1, 0.15) is 51.5 Å². The van der Waals surface area contributed by atoms with Crippen molar-refractivity contribution >= 4 is 16.3 Å². The quantitative estimate of drug-likeness (QED) is 0.387. The summed E-state index contributed by atoms with van der Waals surface area (Å²) in [6.45, 7) is 4.41. The van der Waals surface area contributed by atoms with E-state index in [-0.39, 0.29) is 0 Å². The number of hydrogen-bond donors (Lipinski definition) is 0. The zero-order chi connectivity index (χ0) is 14.9. The van der Waals surface area contributed by atoms with Crippen LogP contribution < -0.4 is 0 Å². The Morgan fingerprint density at radius 3 is 2.48 bits per heavy atom. The van der Waals surface area contributed by atoms with Crippen molar-refractivity contribution in [3.8, 4) is 0 Å². The lowest BCUT2D eigenvalue weighted by Gasteiger charge is -2.04. The molecule has 21 heavy (non-hydrogen) atoms. The molecule has 0 atom stereocenters. The topological polar surface area (TPSA) is 0 Å². The van der Waals surface area contributed by atoms with Gasteiger partial charge in [0.1, 0.15) is 0 Å². The van der Waals surface area contributed by atoms with E-state index >= 15 is 0 Å². The van der Waals surface area contributed by atoms with Crippen LogP contribution in [-0.2, 0) is 0 Å². The van der Waals surface area contributed by atoms with E-state index in [0.717, 1.165) is 6.42 Å². The molecular weight excluding hydrogens is 252 g/mol. The Morgan fingerprint density at radius 2 is 1.67 bits per heavy atom. The number of hydrogen-bond acceptors (Lipinski definition) is 0. The minimum Gasteiger partial charge on any atom is -0.0888 e. The summed E-state index contributed by atoms with van der Waals surface area (Å²) < 4.78 is 0. The van der Waals surface area contributed by atoms with Crippen LogP contribution in [0.25, 0.3) is 16.3 Å². The second kappa shape index (κ2) is 8.46. The molecule has 0 fully saturated rings. The van der Waals surface area contributed by atoms with Crippen LogP contribution in [0.3, 0.4) is 0 Å². The summed E-state index contributed by atoms with van der Waals surface area (Å²) in [7, 11) is 0. The van der Waals surface area contributed by atoms with E-state index in [1.807, 2.05) is 0 Å². The fourth-order valence-corrected chi connectivity index (χ4v) is 2.56. The molecule has 0 aromatic heterocycles. The zero-order valence-corrected chi connectivity index (χ0v) is 13.3. The van der Waals surface area contributed by atoms with Gasteiger partial charge in [0.25, 0.3) is 0 Å². The van der Waals surface area contributed by atoms with Gasteiger partial charge in [-0.15, -0.1) is 0 Å². The third-order valence-corrected chi connectivity index (χ3v) is 3.88. The monoisotopic (exact) mass is 278 g/mol. The molecule has 0 heterocycles. The Balaban J connectivity index is 1.90. The molecule has 2 aromatic carbocycles. The van der Waals surface area contributed by atoms with E-state index in [0.29, 0.717) is 0 Å². The Kier molecular flexibility index (Phi) is 6.27. The maximum absolute atomic E-state index is 2.38. The maximum Gasteiger partial charge on any atom is -0.0178 e. The third-order valence-electron chi connectivity index (χ3n) is 3.88. The third kappa shape index (κ3) is 4.90. The van der Waals surface area contributed by atoms with Crippen molar-refractivity contribution < 1.29 is 0 Å². The first-order valence-electron chi connectivity index (χ1n) is 8.12. The highest BCUT2D eigenvalue weighted by atomic mass is 14.0. The second-order valence-corrected chi connectivity index (χ2v) is 5.61. The van der Waals surface area contributed by atoms with Crippen molar-refractivity contribution in [1.29, 1.82) is 0 Å². The van der Waals surface area contributed by atoms with Crippen molar-refractivity contribution in [3.05, 3.63) is 66.3 Å². The average molecular weight is 278 g/mol. The predicted molar refractivity (Wildman–Crippen MR) is 95.5 cm³/mol. The highest BCUT2D eigenvalue weighted by Crippen LogP contribution is 2.21. The first-order valence-corrected chi connectivity index (χ1v) is 8.12. The number of rotatable bonds is 7. The van der Waals surface area contributed by atoms with E-state index < -0.39 is 0 Å². The summed E-state index contributed by atoms with van der Waals surface area (Å²) in [5.41, 5.74) is 2.74. The van der Waals surface area contributed by atoms with Gasteiger partial charge in [-0.05, 0) is 67.0 Å². The van der Waals surface area contributed by atoms with Gasteiger partial charge in [0.05, 0.1) is 0 Å². The highest BCUT2D eigenvalue weighted by Gasteiger charge is 1.98. The summed E-state index contributed by atoms with van der Waals surface area (Å²) >= 11 is 0. The van der Waals surface area contributed by atoms with Gasteiger partial charge >= 0.3 is 0 Å². The molecule has 0 aliphatic rings. The van der Waals surface area contributed by atoms with Crippen molar-refractivity contribution in [3.63, 3.8) is 0 Å². The normalized spacial score (nSPS) is 12.4. The molecule has 0 bridgehead atoms. The van der Waals surface area contributed by atoms with E-state index in [9.17, 15) is 0 Å². The van der Waals surface area contributed by atoms with Gasteiger partial charge in [-0.3, -0.25) is 0 Å². The Bertz CT molecular complexity index is 617. The molecule has 0 amide bonds. The van der Waals surface area contributed by atoms with Gasteiger partial charge in [0, 0.05) is 0 Å². The summed E-state index contributed by atoms with van der Waals surface area (Å²) in [4.78, 5) is 0. The number of allylic oxidation sites excluding steroid dienone is 4. The largest absolute Gasteiger partial charge is 0.0888 e. The molecule has 0 aliphatic carbocycles. The zero-order valence-electron chi connectivity index (χ0n) is 13.3. The molecule has 0 nitrogen and oxygen atoms in total. The van der Waals surface area contributed by atoms with Crippen molar-refractivity contribution in [2.75, 3.05) is 0 Å². The van der Waals surface area contributed by atoms with Crippen LogP contribution >= 0.6 is 0 Å². The molecule has 0 saturated carbocycles. The lowest BCUT2D eigenvalue weighted by atomic mass is 10.0. The molecule has 110 valence electrons. The molecular formula is C21H26. The molecule has 0 radical (unpaired) electrons.